The molecular weight excluding hydrogens is 314 g/mol. The van der Waals surface area contributed by atoms with Crippen LogP contribution in [0, 0.1) is 10.1 Å². The first-order valence-electron chi connectivity index (χ1n) is 5.94. The number of nitrogens with zero attached hydrogens (tertiary/aromatic N) is 1. The van der Waals surface area contributed by atoms with Crippen molar-refractivity contribution in [3.8, 4) is 0 Å². The Morgan fingerprint density at radius 1 is 1.53 bits per heavy atom. The molecule has 0 aliphatic carbocycles. The van der Waals surface area contributed by atoms with Crippen LogP contribution in [-0.4, -0.2) is 23.4 Å². The van der Waals surface area contributed by atoms with Gasteiger partial charge in [-0.25, -0.2) is 0 Å². The highest BCUT2D eigenvalue weighted by Gasteiger charge is 2.18. The average Bonchev–Trinajstić information content (AvgIpc) is 2.37. The number of halogens is 1. The molecule has 1 amide bonds. The van der Waals surface area contributed by atoms with E-state index in [0.29, 0.717) is 16.7 Å². The van der Waals surface area contributed by atoms with Crippen LogP contribution in [0.4, 0.5) is 11.4 Å². The van der Waals surface area contributed by atoms with Crippen molar-refractivity contribution in [2.45, 2.75) is 26.3 Å². The van der Waals surface area contributed by atoms with Crippen molar-refractivity contribution in [2.75, 3.05) is 11.9 Å². The number of hydrogen-bond acceptors (Lipinski definition) is 4. The SMILES string of the molecule is CCCNC(=O)C(C)Nc1ccc(Br)cc1[N+](=O)[O-]. The van der Waals surface area contributed by atoms with Crippen LogP contribution in [-0.2, 0) is 4.79 Å². The molecule has 0 radical (unpaired) electrons. The molecule has 1 rings (SSSR count). The Balaban J connectivity index is 2.81. The van der Waals surface area contributed by atoms with Crippen molar-refractivity contribution in [1.82, 2.24) is 5.32 Å². The van der Waals surface area contributed by atoms with Gasteiger partial charge in [-0.15, -0.1) is 0 Å². The Morgan fingerprint density at radius 2 is 2.21 bits per heavy atom. The van der Waals surface area contributed by atoms with E-state index in [-0.39, 0.29) is 11.6 Å². The summed E-state index contributed by atoms with van der Waals surface area (Å²) in [6.45, 7) is 4.21. The fraction of sp³-hybridized carbons (Fsp3) is 0.417. The van der Waals surface area contributed by atoms with Crippen molar-refractivity contribution in [3.05, 3.63) is 32.8 Å². The topological polar surface area (TPSA) is 84.3 Å². The number of anilines is 1. The van der Waals surface area contributed by atoms with E-state index in [4.69, 9.17) is 0 Å². The van der Waals surface area contributed by atoms with E-state index in [9.17, 15) is 14.9 Å². The quantitative estimate of drug-likeness (QED) is 0.620. The van der Waals surface area contributed by atoms with Crippen LogP contribution in [0.3, 0.4) is 0 Å². The molecule has 0 heterocycles. The maximum absolute atomic E-state index is 11.7. The monoisotopic (exact) mass is 329 g/mol. The van der Waals surface area contributed by atoms with Gasteiger partial charge in [0.25, 0.3) is 5.69 Å². The lowest BCUT2D eigenvalue weighted by Gasteiger charge is -2.15. The molecule has 1 aromatic carbocycles. The molecule has 0 fully saturated rings. The first kappa shape index (κ1) is 15.4. The minimum Gasteiger partial charge on any atom is -0.368 e. The normalized spacial score (nSPS) is 11.7. The number of amides is 1. The Bertz CT molecular complexity index is 479. The van der Waals surface area contributed by atoms with Gasteiger partial charge in [0.2, 0.25) is 5.91 Å². The summed E-state index contributed by atoms with van der Waals surface area (Å²) in [7, 11) is 0. The van der Waals surface area contributed by atoms with Gasteiger partial charge in [0.1, 0.15) is 11.7 Å². The average molecular weight is 330 g/mol. The van der Waals surface area contributed by atoms with E-state index in [1.807, 2.05) is 6.92 Å². The molecule has 19 heavy (non-hydrogen) atoms. The van der Waals surface area contributed by atoms with Gasteiger partial charge in [-0.3, -0.25) is 14.9 Å². The molecule has 2 N–H and O–H groups in total. The zero-order valence-corrected chi connectivity index (χ0v) is 12.4. The van der Waals surface area contributed by atoms with Crippen molar-refractivity contribution < 1.29 is 9.72 Å². The summed E-state index contributed by atoms with van der Waals surface area (Å²) in [5, 5.41) is 16.5. The molecule has 0 saturated heterocycles. The summed E-state index contributed by atoms with van der Waals surface area (Å²) in [6.07, 6.45) is 0.844. The van der Waals surface area contributed by atoms with Crippen LogP contribution >= 0.6 is 15.9 Å². The molecule has 1 aromatic rings. The molecular formula is C12H16BrN3O3. The number of rotatable bonds is 6. The maximum atomic E-state index is 11.7. The predicted octanol–water partition coefficient (Wildman–Crippen LogP) is 2.68. The third kappa shape index (κ3) is 4.51. The van der Waals surface area contributed by atoms with Crippen LogP contribution in [0.1, 0.15) is 20.3 Å². The predicted molar refractivity (Wildman–Crippen MR) is 77.2 cm³/mol. The van der Waals surface area contributed by atoms with E-state index >= 15 is 0 Å². The molecule has 0 aromatic heterocycles. The van der Waals surface area contributed by atoms with E-state index < -0.39 is 11.0 Å². The first-order valence-corrected chi connectivity index (χ1v) is 6.73. The fourth-order valence-electron chi connectivity index (χ4n) is 1.48. The molecule has 1 unspecified atom stereocenters. The van der Waals surface area contributed by atoms with Crippen molar-refractivity contribution >= 4 is 33.2 Å². The number of carbonyl (C=O) groups is 1. The lowest BCUT2D eigenvalue weighted by molar-refractivity contribution is -0.384. The molecule has 0 saturated carbocycles. The van der Waals surface area contributed by atoms with E-state index in [2.05, 4.69) is 26.6 Å². The largest absolute Gasteiger partial charge is 0.368 e. The summed E-state index contributed by atoms with van der Waals surface area (Å²) in [5.74, 6) is -0.181. The summed E-state index contributed by atoms with van der Waals surface area (Å²) < 4.78 is 0.618. The fourth-order valence-corrected chi connectivity index (χ4v) is 1.83. The Morgan fingerprint density at radius 3 is 2.79 bits per heavy atom. The Hall–Kier alpha value is -1.63. The van der Waals surface area contributed by atoms with Crippen molar-refractivity contribution in [3.63, 3.8) is 0 Å². The highest BCUT2D eigenvalue weighted by atomic mass is 79.9. The smallest absolute Gasteiger partial charge is 0.293 e. The number of nitro groups is 1. The third-order valence-corrected chi connectivity index (χ3v) is 2.96. The van der Waals surface area contributed by atoms with Gasteiger partial charge in [0.05, 0.1) is 4.92 Å². The van der Waals surface area contributed by atoms with Crippen molar-refractivity contribution in [1.29, 1.82) is 0 Å². The zero-order valence-electron chi connectivity index (χ0n) is 10.8. The van der Waals surface area contributed by atoms with Crippen LogP contribution in [0.25, 0.3) is 0 Å². The van der Waals surface area contributed by atoms with Gasteiger partial charge in [-0.2, -0.15) is 0 Å². The molecule has 0 aliphatic heterocycles. The summed E-state index contributed by atoms with van der Waals surface area (Å²) in [4.78, 5) is 22.2. The number of nitro benzene ring substituents is 1. The molecule has 6 nitrogen and oxygen atoms in total. The second kappa shape index (κ2) is 7.08. The molecule has 104 valence electrons. The lowest BCUT2D eigenvalue weighted by atomic mass is 10.2. The number of hydrogen-bond donors (Lipinski definition) is 2. The second-order valence-corrected chi connectivity index (χ2v) is 4.99. The van der Waals surface area contributed by atoms with Crippen molar-refractivity contribution in [2.24, 2.45) is 0 Å². The number of nitrogens with one attached hydrogen (secondary N) is 2. The van der Waals surface area contributed by atoms with Crippen LogP contribution in [0.5, 0.6) is 0 Å². The van der Waals surface area contributed by atoms with Gasteiger partial charge in [-0.1, -0.05) is 22.9 Å². The standard InChI is InChI=1S/C12H16BrN3O3/c1-3-6-14-12(17)8(2)15-10-5-4-9(13)7-11(10)16(18)19/h4-5,7-8,15H,3,6H2,1-2H3,(H,14,17). The highest BCUT2D eigenvalue weighted by Crippen LogP contribution is 2.28. The summed E-state index contributed by atoms with van der Waals surface area (Å²) >= 11 is 3.18. The first-order chi connectivity index (χ1) is 8.95. The highest BCUT2D eigenvalue weighted by molar-refractivity contribution is 9.10. The summed E-state index contributed by atoms with van der Waals surface area (Å²) in [6, 6.07) is 4.13. The van der Waals surface area contributed by atoms with E-state index in [1.54, 1.807) is 19.1 Å². The minimum atomic E-state index is -0.536. The van der Waals surface area contributed by atoms with E-state index in [0.717, 1.165) is 6.42 Å². The van der Waals surface area contributed by atoms with Crippen LogP contribution in [0.2, 0.25) is 0 Å². The molecule has 0 spiro atoms. The van der Waals surface area contributed by atoms with Gasteiger partial charge >= 0.3 is 0 Å². The number of carbonyl (C=O) groups excluding carboxylic acids is 1. The summed E-state index contributed by atoms with van der Waals surface area (Å²) in [5.41, 5.74) is 0.261. The van der Waals surface area contributed by atoms with Gasteiger partial charge in [0.15, 0.2) is 0 Å². The Labute approximate surface area is 119 Å². The van der Waals surface area contributed by atoms with Gasteiger partial charge in [-0.05, 0) is 25.5 Å². The molecule has 7 heteroatoms. The lowest BCUT2D eigenvalue weighted by Crippen LogP contribution is -2.37. The molecule has 1 atom stereocenters. The number of benzene rings is 1. The van der Waals surface area contributed by atoms with Gasteiger partial charge in [0, 0.05) is 17.1 Å². The maximum Gasteiger partial charge on any atom is 0.293 e. The molecule has 0 aliphatic rings. The third-order valence-electron chi connectivity index (χ3n) is 2.47. The molecule has 0 bridgehead atoms. The Kier molecular flexibility index (Phi) is 5.75. The minimum absolute atomic E-state index is 0.0653. The van der Waals surface area contributed by atoms with E-state index in [1.165, 1.54) is 6.07 Å². The van der Waals surface area contributed by atoms with Crippen LogP contribution in [0.15, 0.2) is 22.7 Å². The van der Waals surface area contributed by atoms with Gasteiger partial charge < -0.3 is 10.6 Å². The zero-order chi connectivity index (χ0) is 14.4. The van der Waals surface area contributed by atoms with Crippen LogP contribution < -0.4 is 10.6 Å². The second-order valence-electron chi connectivity index (χ2n) is 4.08.